The summed E-state index contributed by atoms with van der Waals surface area (Å²) in [7, 11) is 0. The quantitative estimate of drug-likeness (QED) is 0.228. The van der Waals surface area contributed by atoms with Gasteiger partial charge in [0, 0.05) is 34.4 Å². The number of rotatable bonds is 14. The van der Waals surface area contributed by atoms with Crippen molar-refractivity contribution >= 4 is 29.2 Å². The molecule has 0 saturated heterocycles. The predicted octanol–water partition coefficient (Wildman–Crippen LogP) is 7.40. The van der Waals surface area contributed by atoms with Crippen molar-refractivity contribution in [3.63, 3.8) is 0 Å². The van der Waals surface area contributed by atoms with E-state index in [4.69, 9.17) is 27.9 Å². The number of nitrogens with zero attached hydrogens (tertiary/aromatic N) is 2. The van der Waals surface area contributed by atoms with E-state index in [0.717, 1.165) is 18.4 Å². The Labute approximate surface area is 184 Å². The number of ether oxygens (including phenoxy) is 1. The molecule has 1 heterocycles. The first kappa shape index (κ1) is 23.8. The lowest BCUT2D eigenvalue weighted by atomic mass is 10.1. The van der Waals surface area contributed by atoms with Gasteiger partial charge in [-0.3, -0.25) is 4.79 Å². The van der Waals surface area contributed by atoms with E-state index in [1.54, 1.807) is 24.7 Å². The van der Waals surface area contributed by atoms with Gasteiger partial charge in [0.1, 0.15) is 6.10 Å². The van der Waals surface area contributed by atoms with Gasteiger partial charge in [0.15, 0.2) is 0 Å². The third kappa shape index (κ3) is 9.22. The van der Waals surface area contributed by atoms with Crippen molar-refractivity contribution in [1.29, 1.82) is 0 Å². The van der Waals surface area contributed by atoms with Crippen LogP contribution < -0.4 is 0 Å². The van der Waals surface area contributed by atoms with Gasteiger partial charge in [-0.05, 0) is 18.6 Å². The van der Waals surface area contributed by atoms with Crippen LogP contribution in [-0.4, -0.2) is 15.5 Å². The van der Waals surface area contributed by atoms with Gasteiger partial charge in [-0.15, -0.1) is 0 Å². The Morgan fingerprint density at radius 3 is 2.38 bits per heavy atom. The SMILES string of the molecule is CCCCCCCCCCCC(=O)OC(Cn1ccnc1)c1ccc(Cl)cc1Cl. The molecule has 0 N–H and O–H groups in total. The molecular weight excluding hydrogens is 407 g/mol. The lowest BCUT2D eigenvalue weighted by Crippen LogP contribution is -2.17. The molecule has 1 atom stereocenters. The second-order valence-electron chi connectivity index (χ2n) is 7.48. The summed E-state index contributed by atoms with van der Waals surface area (Å²) < 4.78 is 7.66. The van der Waals surface area contributed by atoms with Crippen molar-refractivity contribution in [2.75, 3.05) is 0 Å². The fourth-order valence-electron chi connectivity index (χ4n) is 3.35. The van der Waals surface area contributed by atoms with Crippen molar-refractivity contribution < 1.29 is 9.53 Å². The van der Waals surface area contributed by atoms with E-state index in [1.165, 1.54) is 44.9 Å². The topological polar surface area (TPSA) is 44.1 Å². The van der Waals surface area contributed by atoms with Gasteiger partial charge in [0.25, 0.3) is 0 Å². The van der Waals surface area contributed by atoms with Crippen LogP contribution in [0.5, 0.6) is 0 Å². The second kappa shape index (κ2) is 13.7. The van der Waals surface area contributed by atoms with E-state index in [1.807, 2.05) is 16.8 Å². The Morgan fingerprint density at radius 2 is 1.76 bits per heavy atom. The molecule has 0 aliphatic carbocycles. The number of esters is 1. The van der Waals surface area contributed by atoms with Gasteiger partial charge < -0.3 is 9.30 Å². The maximum atomic E-state index is 12.4. The molecule has 0 saturated carbocycles. The van der Waals surface area contributed by atoms with Crippen LogP contribution >= 0.6 is 23.2 Å². The zero-order valence-corrected chi connectivity index (χ0v) is 18.8. The Hall–Kier alpha value is -1.52. The first-order chi connectivity index (χ1) is 14.1. The summed E-state index contributed by atoms with van der Waals surface area (Å²) in [5.41, 5.74) is 0.755. The number of carbonyl (C=O) groups excluding carboxylic acids is 1. The molecule has 2 rings (SSSR count). The van der Waals surface area contributed by atoms with Crippen molar-refractivity contribution in [2.45, 2.75) is 83.8 Å². The van der Waals surface area contributed by atoms with E-state index < -0.39 is 6.10 Å². The van der Waals surface area contributed by atoms with E-state index in [9.17, 15) is 4.79 Å². The Bertz CT molecular complexity index is 720. The van der Waals surface area contributed by atoms with E-state index in [-0.39, 0.29) is 5.97 Å². The van der Waals surface area contributed by atoms with Crippen LogP contribution in [0.3, 0.4) is 0 Å². The highest BCUT2D eigenvalue weighted by Gasteiger charge is 2.20. The molecule has 0 fully saturated rings. The summed E-state index contributed by atoms with van der Waals surface area (Å²) in [6.07, 6.45) is 16.1. The first-order valence-corrected chi connectivity index (χ1v) is 11.5. The van der Waals surface area contributed by atoms with Gasteiger partial charge in [-0.1, -0.05) is 87.6 Å². The highest BCUT2D eigenvalue weighted by Crippen LogP contribution is 2.30. The Kier molecular flexibility index (Phi) is 11.2. The molecule has 6 heteroatoms. The van der Waals surface area contributed by atoms with Gasteiger partial charge in [-0.2, -0.15) is 0 Å². The van der Waals surface area contributed by atoms with Crippen LogP contribution in [0.1, 0.15) is 82.8 Å². The molecular formula is C23H32Cl2N2O2. The summed E-state index contributed by atoms with van der Waals surface area (Å²) >= 11 is 12.4. The Morgan fingerprint density at radius 1 is 1.07 bits per heavy atom. The average Bonchev–Trinajstić information content (AvgIpc) is 3.19. The maximum absolute atomic E-state index is 12.4. The predicted molar refractivity (Wildman–Crippen MR) is 119 cm³/mol. The van der Waals surface area contributed by atoms with E-state index >= 15 is 0 Å². The smallest absolute Gasteiger partial charge is 0.306 e. The van der Waals surface area contributed by atoms with Crippen LogP contribution in [0.15, 0.2) is 36.9 Å². The van der Waals surface area contributed by atoms with Gasteiger partial charge >= 0.3 is 5.97 Å². The molecule has 0 aliphatic heterocycles. The standard InChI is InChI=1S/C23H32Cl2N2O2/c1-2-3-4-5-6-7-8-9-10-11-23(28)29-22(17-27-15-14-26-18-27)20-13-12-19(24)16-21(20)25/h12-16,18,22H,2-11,17H2,1H3. The molecule has 0 spiro atoms. The molecule has 0 radical (unpaired) electrons. The molecule has 4 nitrogen and oxygen atoms in total. The van der Waals surface area contributed by atoms with Gasteiger partial charge in [0.05, 0.1) is 12.9 Å². The minimum Gasteiger partial charge on any atom is -0.455 e. The van der Waals surface area contributed by atoms with Crippen LogP contribution in [0.25, 0.3) is 0 Å². The molecule has 2 aromatic rings. The number of hydrogen-bond acceptors (Lipinski definition) is 3. The van der Waals surface area contributed by atoms with Crippen LogP contribution in [0.4, 0.5) is 0 Å². The van der Waals surface area contributed by atoms with Crippen LogP contribution in [0.2, 0.25) is 10.0 Å². The molecule has 1 aromatic heterocycles. The Balaban J connectivity index is 1.78. The number of halogens is 2. The summed E-state index contributed by atoms with van der Waals surface area (Å²) in [6, 6.07) is 5.25. The largest absolute Gasteiger partial charge is 0.455 e. The molecule has 160 valence electrons. The number of unbranched alkanes of at least 4 members (excludes halogenated alkanes) is 8. The average molecular weight is 439 g/mol. The molecule has 0 bridgehead atoms. The highest BCUT2D eigenvalue weighted by molar-refractivity contribution is 6.35. The number of benzene rings is 1. The minimum absolute atomic E-state index is 0.191. The third-order valence-electron chi connectivity index (χ3n) is 5.00. The molecule has 1 unspecified atom stereocenters. The number of imidazole rings is 1. The number of hydrogen-bond donors (Lipinski definition) is 0. The van der Waals surface area contributed by atoms with E-state index in [2.05, 4.69) is 11.9 Å². The monoisotopic (exact) mass is 438 g/mol. The van der Waals surface area contributed by atoms with E-state index in [0.29, 0.717) is 23.0 Å². The summed E-state index contributed by atoms with van der Waals surface area (Å²) in [4.78, 5) is 16.5. The number of aromatic nitrogens is 2. The van der Waals surface area contributed by atoms with Gasteiger partial charge in [0.2, 0.25) is 0 Å². The maximum Gasteiger partial charge on any atom is 0.306 e. The summed E-state index contributed by atoms with van der Waals surface area (Å²) in [6.45, 7) is 2.70. The van der Waals surface area contributed by atoms with Crippen molar-refractivity contribution in [2.24, 2.45) is 0 Å². The fourth-order valence-corrected chi connectivity index (χ4v) is 3.88. The zero-order chi connectivity index (χ0) is 20.9. The fraction of sp³-hybridized carbons (Fsp3) is 0.565. The molecule has 1 aromatic carbocycles. The molecule has 0 aliphatic rings. The van der Waals surface area contributed by atoms with Crippen molar-refractivity contribution in [1.82, 2.24) is 9.55 Å². The second-order valence-corrected chi connectivity index (χ2v) is 8.33. The number of carbonyl (C=O) groups is 1. The highest BCUT2D eigenvalue weighted by atomic mass is 35.5. The third-order valence-corrected chi connectivity index (χ3v) is 5.57. The summed E-state index contributed by atoms with van der Waals surface area (Å²) in [5.74, 6) is -0.191. The summed E-state index contributed by atoms with van der Waals surface area (Å²) in [5, 5.41) is 1.06. The van der Waals surface area contributed by atoms with Gasteiger partial charge in [-0.25, -0.2) is 4.98 Å². The lowest BCUT2D eigenvalue weighted by molar-refractivity contribution is -0.150. The van der Waals surface area contributed by atoms with Crippen LogP contribution in [0, 0.1) is 0 Å². The van der Waals surface area contributed by atoms with Crippen LogP contribution in [-0.2, 0) is 16.1 Å². The zero-order valence-electron chi connectivity index (χ0n) is 17.3. The first-order valence-electron chi connectivity index (χ1n) is 10.7. The molecule has 29 heavy (non-hydrogen) atoms. The lowest BCUT2D eigenvalue weighted by Gasteiger charge is -2.20. The molecule has 0 amide bonds. The minimum atomic E-state index is -0.472. The van der Waals surface area contributed by atoms with Crippen molar-refractivity contribution in [3.8, 4) is 0 Å². The van der Waals surface area contributed by atoms with Crippen molar-refractivity contribution in [3.05, 3.63) is 52.5 Å². The normalized spacial score (nSPS) is 12.1.